The summed E-state index contributed by atoms with van der Waals surface area (Å²) in [6, 6.07) is 0. The smallest absolute Gasteiger partial charge is 0.320 e. The Bertz CT molecular complexity index is 295. The molecular formula is C11H16O4. The number of aliphatic hydroxyl groups is 1. The fourth-order valence-corrected chi connectivity index (χ4v) is 2.07. The van der Waals surface area contributed by atoms with Gasteiger partial charge in [-0.3, -0.25) is 9.59 Å². The van der Waals surface area contributed by atoms with Gasteiger partial charge >= 0.3 is 5.97 Å². The van der Waals surface area contributed by atoms with Gasteiger partial charge in [-0.2, -0.15) is 0 Å². The Labute approximate surface area is 88.9 Å². The number of hydrogen-bond acceptors (Lipinski definition) is 4. The largest absolute Gasteiger partial charge is 0.468 e. The Kier molecular flexibility index (Phi) is 3.29. The minimum atomic E-state index is -1.17. The third-order valence-electron chi connectivity index (χ3n) is 3.12. The molecule has 1 N–H and O–H groups in total. The highest BCUT2D eigenvalue weighted by atomic mass is 16.5. The monoisotopic (exact) mass is 212 g/mol. The summed E-state index contributed by atoms with van der Waals surface area (Å²) in [4.78, 5) is 23.3. The van der Waals surface area contributed by atoms with E-state index in [4.69, 9.17) is 5.11 Å². The number of methoxy groups -OCH3 is 1. The molecular weight excluding hydrogens is 196 g/mol. The van der Waals surface area contributed by atoms with Crippen LogP contribution < -0.4 is 0 Å². The highest BCUT2D eigenvalue weighted by Crippen LogP contribution is 2.43. The zero-order valence-corrected chi connectivity index (χ0v) is 9.29. The molecule has 0 unspecified atom stereocenters. The van der Waals surface area contributed by atoms with Crippen molar-refractivity contribution >= 4 is 11.8 Å². The van der Waals surface area contributed by atoms with E-state index >= 15 is 0 Å². The number of esters is 1. The van der Waals surface area contributed by atoms with E-state index in [9.17, 15) is 9.59 Å². The fourth-order valence-electron chi connectivity index (χ4n) is 2.07. The summed E-state index contributed by atoms with van der Waals surface area (Å²) in [6.07, 6.45) is 0.732. The lowest BCUT2D eigenvalue weighted by atomic mass is 9.79. The molecule has 4 nitrogen and oxygen atoms in total. The minimum Gasteiger partial charge on any atom is -0.468 e. The first kappa shape index (κ1) is 11.9. The van der Waals surface area contributed by atoms with Crippen LogP contribution in [0.25, 0.3) is 0 Å². The average Bonchev–Trinajstić information content (AvgIpc) is 2.54. The lowest BCUT2D eigenvalue weighted by Gasteiger charge is -2.23. The van der Waals surface area contributed by atoms with Gasteiger partial charge in [0, 0.05) is 0 Å². The zero-order valence-electron chi connectivity index (χ0n) is 9.29. The maximum absolute atomic E-state index is 11.6. The van der Waals surface area contributed by atoms with Crippen LogP contribution in [-0.4, -0.2) is 30.6 Å². The predicted molar refractivity (Wildman–Crippen MR) is 54.1 cm³/mol. The van der Waals surface area contributed by atoms with Gasteiger partial charge < -0.3 is 9.84 Å². The molecule has 0 atom stereocenters. The second kappa shape index (κ2) is 4.14. The van der Waals surface area contributed by atoms with Gasteiger partial charge in [0.25, 0.3) is 0 Å². The SMILES string of the molecule is COC(=O)C1(C(=O)CO)CC(C)=C(C)C1. The van der Waals surface area contributed by atoms with E-state index in [0.29, 0.717) is 12.8 Å². The minimum absolute atomic E-state index is 0.366. The molecule has 15 heavy (non-hydrogen) atoms. The molecule has 0 fully saturated rings. The molecule has 0 radical (unpaired) electrons. The summed E-state index contributed by atoms with van der Waals surface area (Å²) >= 11 is 0. The number of carbonyl (C=O) groups is 2. The first-order valence-electron chi connectivity index (χ1n) is 4.85. The second-order valence-corrected chi connectivity index (χ2v) is 4.07. The molecule has 0 aromatic heterocycles. The predicted octanol–water partition coefficient (Wildman–Crippen LogP) is 0.837. The van der Waals surface area contributed by atoms with Crippen molar-refractivity contribution < 1.29 is 19.4 Å². The molecule has 0 heterocycles. The van der Waals surface area contributed by atoms with E-state index in [1.165, 1.54) is 7.11 Å². The molecule has 0 aliphatic heterocycles. The summed E-state index contributed by atoms with van der Waals surface area (Å²) in [5, 5.41) is 8.90. The van der Waals surface area contributed by atoms with E-state index < -0.39 is 23.8 Å². The lowest BCUT2D eigenvalue weighted by Crippen LogP contribution is -2.40. The van der Waals surface area contributed by atoms with E-state index in [1.54, 1.807) is 0 Å². The molecule has 1 aliphatic carbocycles. The van der Waals surface area contributed by atoms with E-state index in [-0.39, 0.29) is 0 Å². The van der Waals surface area contributed by atoms with Crippen molar-refractivity contribution in [2.24, 2.45) is 5.41 Å². The van der Waals surface area contributed by atoms with Gasteiger partial charge in [0.1, 0.15) is 12.0 Å². The lowest BCUT2D eigenvalue weighted by molar-refractivity contribution is -0.158. The molecule has 0 saturated carbocycles. The van der Waals surface area contributed by atoms with E-state index in [1.807, 2.05) is 13.8 Å². The van der Waals surface area contributed by atoms with Gasteiger partial charge in [0.05, 0.1) is 7.11 Å². The highest BCUT2D eigenvalue weighted by molar-refractivity contribution is 6.05. The molecule has 0 aromatic rings. The van der Waals surface area contributed by atoms with E-state index in [0.717, 1.165) is 11.1 Å². The quantitative estimate of drug-likeness (QED) is 0.427. The van der Waals surface area contributed by atoms with Crippen LogP contribution in [0.5, 0.6) is 0 Å². The van der Waals surface area contributed by atoms with Crippen LogP contribution in [0.15, 0.2) is 11.1 Å². The molecule has 1 aliphatic rings. The Morgan fingerprint density at radius 2 is 1.80 bits per heavy atom. The number of rotatable bonds is 3. The van der Waals surface area contributed by atoms with Crippen LogP contribution in [0.2, 0.25) is 0 Å². The summed E-state index contributed by atoms with van der Waals surface area (Å²) < 4.78 is 4.66. The van der Waals surface area contributed by atoms with Crippen molar-refractivity contribution in [3.63, 3.8) is 0 Å². The summed E-state index contributed by atoms with van der Waals surface area (Å²) in [5.74, 6) is -0.997. The van der Waals surface area contributed by atoms with Crippen molar-refractivity contribution in [1.29, 1.82) is 0 Å². The molecule has 0 saturated heterocycles. The molecule has 0 aromatic carbocycles. The van der Waals surface area contributed by atoms with Crippen molar-refractivity contribution in [2.45, 2.75) is 26.7 Å². The topological polar surface area (TPSA) is 63.6 Å². The molecule has 84 valence electrons. The Hall–Kier alpha value is -1.16. The number of ether oxygens (including phenoxy) is 1. The molecule has 4 heteroatoms. The number of Topliss-reactive ketones (excluding diaryl/α,β-unsaturated/α-hetero) is 1. The Morgan fingerprint density at radius 1 is 1.33 bits per heavy atom. The normalized spacial score (nSPS) is 19.2. The van der Waals surface area contributed by atoms with Gasteiger partial charge in [-0.1, -0.05) is 11.1 Å². The third-order valence-corrected chi connectivity index (χ3v) is 3.12. The molecule has 1 rings (SSSR count). The molecule has 0 amide bonds. The van der Waals surface area contributed by atoms with Gasteiger partial charge in [-0.25, -0.2) is 0 Å². The maximum atomic E-state index is 11.6. The summed E-state index contributed by atoms with van der Waals surface area (Å²) in [5.41, 5.74) is 0.891. The van der Waals surface area contributed by atoms with Gasteiger partial charge in [0.2, 0.25) is 0 Å². The van der Waals surface area contributed by atoms with Gasteiger partial charge in [0.15, 0.2) is 5.78 Å². The van der Waals surface area contributed by atoms with Gasteiger partial charge in [-0.05, 0) is 26.7 Å². The van der Waals surface area contributed by atoms with Gasteiger partial charge in [-0.15, -0.1) is 0 Å². The molecule has 0 spiro atoms. The summed E-state index contributed by atoms with van der Waals surface area (Å²) in [7, 11) is 1.26. The third kappa shape index (κ3) is 1.81. The number of aliphatic hydroxyl groups excluding tert-OH is 1. The van der Waals surface area contributed by atoms with Crippen molar-refractivity contribution in [2.75, 3.05) is 13.7 Å². The second-order valence-electron chi connectivity index (χ2n) is 4.07. The fraction of sp³-hybridized carbons (Fsp3) is 0.636. The van der Waals surface area contributed by atoms with Crippen molar-refractivity contribution in [3.05, 3.63) is 11.1 Å². The first-order chi connectivity index (χ1) is 6.97. The van der Waals surface area contributed by atoms with Crippen molar-refractivity contribution in [1.82, 2.24) is 0 Å². The Balaban J connectivity index is 3.03. The number of allylic oxidation sites excluding steroid dienone is 2. The Morgan fingerprint density at radius 3 is 2.13 bits per heavy atom. The number of carbonyl (C=O) groups excluding carboxylic acids is 2. The van der Waals surface area contributed by atoms with E-state index in [2.05, 4.69) is 4.74 Å². The van der Waals surface area contributed by atoms with Crippen molar-refractivity contribution in [3.8, 4) is 0 Å². The number of ketones is 1. The van der Waals surface area contributed by atoms with Crippen LogP contribution in [0.3, 0.4) is 0 Å². The zero-order chi connectivity index (χ0) is 11.6. The highest BCUT2D eigenvalue weighted by Gasteiger charge is 2.49. The average molecular weight is 212 g/mol. The van der Waals surface area contributed by atoms with Crippen LogP contribution >= 0.6 is 0 Å². The molecule has 0 bridgehead atoms. The first-order valence-corrected chi connectivity index (χ1v) is 4.85. The maximum Gasteiger partial charge on any atom is 0.320 e. The van der Waals surface area contributed by atoms with Crippen LogP contribution in [0.1, 0.15) is 26.7 Å². The standard InChI is InChI=1S/C11H16O4/c1-7-4-11(5-8(7)2,9(13)6-12)10(14)15-3/h12H,4-6H2,1-3H3. The van der Waals surface area contributed by atoms with Crippen LogP contribution in [0.4, 0.5) is 0 Å². The van der Waals surface area contributed by atoms with Crippen LogP contribution in [0, 0.1) is 5.41 Å². The van der Waals surface area contributed by atoms with Crippen LogP contribution in [-0.2, 0) is 14.3 Å². The number of hydrogen-bond donors (Lipinski definition) is 1. The summed E-state index contributed by atoms with van der Waals surface area (Å²) in [6.45, 7) is 3.17.